The molecular formula is C17H28N4O3. The summed E-state index contributed by atoms with van der Waals surface area (Å²) in [6.07, 6.45) is 4.87. The molecule has 2 rings (SSSR count). The number of nitrogens with one attached hydrogen (secondary N) is 1. The SMILES string of the molecule is COC[C@H](O)CN(C)C(=O)NCc1ccc(N2CCCCC2)nc1. The third-order valence-electron chi connectivity index (χ3n) is 4.12. The third-order valence-corrected chi connectivity index (χ3v) is 4.12. The van der Waals surface area contributed by atoms with Crippen molar-refractivity contribution in [2.24, 2.45) is 0 Å². The van der Waals surface area contributed by atoms with Crippen molar-refractivity contribution < 1.29 is 14.6 Å². The van der Waals surface area contributed by atoms with E-state index in [9.17, 15) is 9.90 Å². The first-order chi connectivity index (χ1) is 11.6. The molecule has 0 aromatic carbocycles. The van der Waals surface area contributed by atoms with E-state index < -0.39 is 6.10 Å². The molecule has 2 N–H and O–H groups in total. The molecule has 0 aliphatic carbocycles. The topological polar surface area (TPSA) is 77.9 Å². The minimum absolute atomic E-state index is 0.208. The Bertz CT molecular complexity index is 503. The minimum Gasteiger partial charge on any atom is -0.389 e. The van der Waals surface area contributed by atoms with Gasteiger partial charge in [0, 0.05) is 40.0 Å². The third kappa shape index (κ3) is 5.65. The van der Waals surface area contributed by atoms with Crippen LogP contribution in [0.1, 0.15) is 24.8 Å². The molecule has 1 atom stereocenters. The van der Waals surface area contributed by atoms with Crippen LogP contribution in [0.2, 0.25) is 0 Å². The number of piperidine rings is 1. The number of carbonyl (C=O) groups is 1. The van der Waals surface area contributed by atoms with Crippen LogP contribution in [0.15, 0.2) is 18.3 Å². The minimum atomic E-state index is -0.684. The number of anilines is 1. The van der Waals surface area contributed by atoms with Crippen molar-refractivity contribution in [3.05, 3.63) is 23.9 Å². The summed E-state index contributed by atoms with van der Waals surface area (Å²) in [7, 11) is 3.16. The Hall–Kier alpha value is -1.86. The average molecular weight is 336 g/mol. The summed E-state index contributed by atoms with van der Waals surface area (Å²) in [5.41, 5.74) is 0.954. The van der Waals surface area contributed by atoms with Crippen molar-refractivity contribution >= 4 is 11.8 Å². The van der Waals surface area contributed by atoms with Crippen LogP contribution < -0.4 is 10.2 Å². The van der Waals surface area contributed by atoms with E-state index in [4.69, 9.17) is 4.74 Å². The van der Waals surface area contributed by atoms with Crippen molar-refractivity contribution in [2.75, 3.05) is 45.3 Å². The number of aliphatic hydroxyl groups is 1. The predicted molar refractivity (Wildman–Crippen MR) is 93.0 cm³/mol. The fraction of sp³-hybridized carbons (Fsp3) is 0.647. The largest absolute Gasteiger partial charge is 0.389 e. The highest BCUT2D eigenvalue weighted by molar-refractivity contribution is 5.73. The number of urea groups is 1. The van der Waals surface area contributed by atoms with Gasteiger partial charge in [-0.15, -0.1) is 0 Å². The normalized spacial score (nSPS) is 15.9. The summed E-state index contributed by atoms with van der Waals surface area (Å²) >= 11 is 0. The number of hydrogen-bond donors (Lipinski definition) is 2. The monoisotopic (exact) mass is 336 g/mol. The van der Waals surface area contributed by atoms with Crippen LogP contribution in [0.25, 0.3) is 0 Å². The van der Waals surface area contributed by atoms with Gasteiger partial charge in [-0.05, 0) is 30.9 Å². The van der Waals surface area contributed by atoms with Gasteiger partial charge in [-0.2, -0.15) is 0 Å². The molecule has 7 heteroatoms. The Labute approximate surface area is 143 Å². The quantitative estimate of drug-likeness (QED) is 0.783. The van der Waals surface area contributed by atoms with Gasteiger partial charge in [0.2, 0.25) is 0 Å². The molecule has 0 saturated carbocycles. The maximum absolute atomic E-state index is 12.0. The molecule has 1 aromatic rings. The summed E-state index contributed by atoms with van der Waals surface area (Å²) in [5.74, 6) is 1.00. The van der Waals surface area contributed by atoms with Crippen LogP contribution in [-0.4, -0.2) is 67.5 Å². The molecular weight excluding hydrogens is 308 g/mol. The average Bonchev–Trinajstić information content (AvgIpc) is 2.61. The van der Waals surface area contributed by atoms with Gasteiger partial charge in [0.15, 0.2) is 0 Å². The van der Waals surface area contributed by atoms with Crippen LogP contribution in [0, 0.1) is 0 Å². The summed E-state index contributed by atoms with van der Waals surface area (Å²) < 4.78 is 4.85. The lowest BCUT2D eigenvalue weighted by molar-refractivity contribution is 0.0489. The van der Waals surface area contributed by atoms with E-state index in [1.807, 2.05) is 18.3 Å². The molecule has 0 radical (unpaired) electrons. The number of hydrogen-bond acceptors (Lipinski definition) is 5. The second-order valence-corrected chi connectivity index (χ2v) is 6.22. The van der Waals surface area contributed by atoms with Gasteiger partial charge in [0.05, 0.1) is 19.3 Å². The Kier molecular flexibility index (Phi) is 7.27. The number of rotatable bonds is 7. The van der Waals surface area contributed by atoms with Crippen molar-refractivity contribution in [3.63, 3.8) is 0 Å². The standard InChI is InChI=1S/C17H28N4O3/c1-20(12-15(22)13-24-2)17(23)19-11-14-6-7-16(18-10-14)21-8-4-3-5-9-21/h6-7,10,15,22H,3-5,8-9,11-13H2,1-2H3,(H,19,23)/t15-/m1/s1. The molecule has 7 nitrogen and oxygen atoms in total. The van der Waals surface area contributed by atoms with Gasteiger partial charge in [-0.25, -0.2) is 9.78 Å². The molecule has 1 fully saturated rings. The summed E-state index contributed by atoms with van der Waals surface area (Å²) in [6.45, 7) is 2.98. The highest BCUT2D eigenvalue weighted by Gasteiger charge is 2.14. The van der Waals surface area contributed by atoms with Crippen LogP contribution in [-0.2, 0) is 11.3 Å². The second kappa shape index (κ2) is 9.44. The summed E-state index contributed by atoms with van der Waals surface area (Å²) in [5, 5.41) is 12.5. The van der Waals surface area contributed by atoms with Crippen molar-refractivity contribution in [2.45, 2.75) is 31.9 Å². The number of ether oxygens (including phenoxy) is 1. The van der Waals surface area contributed by atoms with Crippen LogP contribution in [0.4, 0.5) is 10.6 Å². The summed E-state index contributed by atoms with van der Waals surface area (Å²) in [4.78, 5) is 20.3. The molecule has 2 amide bonds. The first-order valence-corrected chi connectivity index (χ1v) is 8.46. The van der Waals surface area contributed by atoms with E-state index in [1.54, 1.807) is 7.05 Å². The lowest BCUT2D eigenvalue weighted by Gasteiger charge is -2.27. The van der Waals surface area contributed by atoms with Gasteiger partial charge in [0.1, 0.15) is 5.82 Å². The number of pyridine rings is 1. The number of carbonyl (C=O) groups excluding carboxylic acids is 1. The molecule has 1 aliphatic heterocycles. The lowest BCUT2D eigenvalue weighted by atomic mass is 10.1. The smallest absolute Gasteiger partial charge is 0.317 e. The Morgan fingerprint density at radius 2 is 2.17 bits per heavy atom. The number of methoxy groups -OCH3 is 1. The molecule has 0 bridgehead atoms. The highest BCUT2D eigenvalue weighted by atomic mass is 16.5. The van der Waals surface area contributed by atoms with E-state index in [1.165, 1.54) is 31.3 Å². The van der Waals surface area contributed by atoms with E-state index >= 15 is 0 Å². The molecule has 0 unspecified atom stereocenters. The highest BCUT2D eigenvalue weighted by Crippen LogP contribution is 2.17. The van der Waals surface area contributed by atoms with Crippen LogP contribution in [0.3, 0.4) is 0 Å². The van der Waals surface area contributed by atoms with Crippen molar-refractivity contribution in [3.8, 4) is 0 Å². The molecule has 1 aromatic heterocycles. The molecule has 134 valence electrons. The van der Waals surface area contributed by atoms with Crippen molar-refractivity contribution in [1.82, 2.24) is 15.2 Å². The number of nitrogens with zero attached hydrogens (tertiary/aromatic N) is 3. The van der Waals surface area contributed by atoms with Gasteiger partial charge in [-0.3, -0.25) is 0 Å². The number of likely N-dealkylation sites (N-methyl/N-ethyl adjacent to an activating group) is 1. The van der Waals surface area contributed by atoms with E-state index in [0.29, 0.717) is 6.54 Å². The van der Waals surface area contributed by atoms with E-state index in [2.05, 4.69) is 15.2 Å². The Morgan fingerprint density at radius 3 is 2.79 bits per heavy atom. The molecule has 1 aliphatic rings. The maximum Gasteiger partial charge on any atom is 0.317 e. The first-order valence-electron chi connectivity index (χ1n) is 8.46. The fourth-order valence-corrected chi connectivity index (χ4v) is 2.79. The first kappa shape index (κ1) is 18.5. The van der Waals surface area contributed by atoms with Crippen LogP contribution >= 0.6 is 0 Å². The van der Waals surface area contributed by atoms with Crippen molar-refractivity contribution in [1.29, 1.82) is 0 Å². The number of aliphatic hydroxyl groups excluding tert-OH is 1. The van der Waals surface area contributed by atoms with E-state index in [0.717, 1.165) is 24.5 Å². The Morgan fingerprint density at radius 1 is 1.42 bits per heavy atom. The predicted octanol–water partition coefficient (Wildman–Crippen LogP) is 1.22. The zero-order chi connectivity index (χ0) is 17.4. The number of aromatic nitrogens is 1. The Balaban J connectivity index is 1.78. The molecule has 2 heterocycles. The van der Waals surface area contributed by atoms with Crippen LogP contribution in [0.5, 0.6) is 0 Å². The van der Waals surface area contributed by atoms with E-state index in [-0.39, 0.29) is 19.2 Å². The molecule has 0 spiro atoms. The zero-order valence-corrected chi connectivity index (χ0v) is 14.6. The molecule has 24 heavy (non-hydrogen) atoms. The van der Waals surface area contributed by atoms with Gasteiger partial charge in [-0.1, -0.05) is 6.07 Å². The fourth-order valence-electron chi connectivity index (χ4n) is 2.79. The van der Waals surface area contributed by atoms with Gasteiger partial charge >= 0.3 is 6.03 Å². The number of amides is 2. The summed E-state index contributed by atoms with van der Waals surface area (Å²) in [6, 6.07) is 3.78. The zero-order valence-electron chi connectivity index (χ0n) is 14.6. The van der Waals surface area contributed by atoms with Gasteiger partial charge < -0.3 is 25.0 Å². The lowest BCUT2D eigenvalue weighted by Crippen LogP contribution is -2.42. The van der Waals surface area contributed by atoms with Gasteiger partial charge in [0.25, 0.3) is 0 Å². The maximum atomic E-state index is 12.0. The molecule has 1 saturated heterocycles. The second-order valence-electron chi connectivity index (χ2n) is 6.22.